The first kappa shape index (κ1) is 7.61. The van der Waals surface area contributed by atoms with Crippen LogP contribution in [0.1, 0.15) is 6.92 Å². The molecule has 0 aromatic heterocycles. The van der Waals surface area contributed by atoms with E-state index in [-0.39, 0.29) is 0 Å². The average Bonchev–Trinajstić information content (AvgIpc) is 1.64. The van der Waals surface area contributed by atoms with Gasteiger partial charge in [-0.25, -0.2) is 4.79 Å². The monoisotopic (exact) mass is 130 g/mol. The molecule has 0 unspecified atom stereocenters. The Bertz CT molecular complexity index is 157. The maximum atomic E-state index is 10.2. The molecule has 0 aromatic rings. The number of carbonyl (C=O) groups excluding carboxylic acids is 1. The van der Waals surface area contributed by atoms with E-state index in [2.05, 4.69) is 10.9 Å². The van der Waals surface area contributed by atoms with Crippen molar-refractivity contribution in [2.75, 3.05) is 0 Å². The molecule has 0 atom stereocenters. The van der Waals surface area contributed by atoms with Gasteiger partial charge >= 0.3 is 5.97 Å². The normalized spacial score (nSPS) is 11.0. The highest BCUT2D eigenvalue weighted by molar-refractivity contribution is 6.63. The molecule has 9 heavy (non-hydrogen) atoms. The number of hydrogen-bond acceptors (Lipinski definition) is 4. The molecule has 0 aliphatic carbocycles. The number of hydrogen-bond donors (Lipinski definition) is 2. The van der Waals surface area contributed by atoms with Crippen LogP contribution in [0.2, 0.25) is 0 Å². The van der Waals surface area contributed by atoms with Gasteiger partial charge < -0.3 is 10.9 Å². The quantitative estimate of drug-likeness (QED) is 0.216. The van der Waals surface area contributed by atoms with Crippen LogP contribution in [0.25, 0.3) is 0 Å². The van der Waals surface area contributed by atoms with Gasteiger partial charge in [-0.1, -0.05) is 0 Å². The van der Waals surface area contributed by atoms with E-state index in [0.717, 1.165) is 6.92 Å². The van der Waals surface area contributed by atoms with E-state index < -0.39 is 17.5 Å². The summed E-state index contributed by atoms with van der Waals surface area (Å²) in [5.41, 5.74) is -0.630. The van der Waals surface area contributed by atoms with E-state index in [1.54, 1.807) is 0 Å². The van der Waals surface area contributed by atoms with E-state index in [4.69, 9.17) is 5.11 Å². The molecule has 5 heteroatoms. The van der Waals surface area contributed by atoms with E-state index >= 15 is 0 Å². The number of hydrazone groups is 1. The van der Waals surface area contributed by atoms with Crippen molar-refractivity contribution in [3.05, 3.63) is 0 Å². The Morgan fingerprint density at radius 3 is 2.00 bits per heavy atom. The number of rotatable bonds is 2. The minimum Gasteiger partial charge on any atom is -0.476 e. The van der Waals surface area contributed by atoms with Crippen LogP contribution in [0.3, 0.4) is 0 Å². The molecule has 0 aromatic carbocycles. The second kappa shape index (κ2) is 2.81. The Balaban J connectivity index is 4.38. The van der Waals surface area contributed by atoms with Crippen LogP contribution in [0.15, 0.2) is 5.10 Å². The number of carboxylic acids is 1. The Labute approximate surface area is 51.2 Å². The summed E-state index contributed by atoms with van der Waals surface area (Å²) in [4.78, 5) is 20.2. The molecule has 0 saturated heterocycles. The Kier molecular flexibility index (Phi) is 2.37. The lowest BCUT2D eigenvalue weighted by Crippen LogP contribution is -2.22. The van der Waals surface area contributed by atoms with Crippen molar-refractivity contribution in [2.45, 2.75) is 6.92 Å². The van der Waals surface area contributed by atoms with Crippen LogP contribution in [0.4, 0.5) is 0 Å². The third-order valence-corrected chi connectivity index (χ3v) is 0.665. The SMILES string of the molecule is CC(=O)C(=NN)C(=O)O. The third kappa shape index (κ3) is 1.89. The van der Waals surface area contributed by atoms with Gasteiger partial charge in [0.25, 0.3) is 0 Å². The van der Waals surface area contributed by atoms with Gasteiger partial charge in [-0.05, 0) is 0 Å². The molecule has 0 fully saturated rings. The molecule has 0 bridgehead atoms. The number of aliphatic carboxylic acids is 1. The molecular weight excluding hydrogens is 124 g/mol. The molecule has 0 rings (SSSR count). The van der Waals surface area contributed by atoms with Gasteiger partial charge in [-0.3, -0.25) is 4.79 Å². The van der Waals surface area contributed by atoms with Gasteiger partial charge in [-0.15, -0.1) is 0 Å². The average molecular weight is 130 g/mol. The maximum Gasteiger partial charge on any atom is 0.360 e. The molecular formula is C4H6N2O3. The van der Waals surface area contributed by atoms with E-state index in [1.807, 2.05) is 0 Å². The summed E-state index contributed by atoms with van der Waals surface area (Å²) in [5.74, 6) is 2.51. The third-order valence-electron chi connectivity index (χ3n) is 0.665. The highest BCUT2D eigenvalue weighted by Gasteiger charge is 2.13. The predicted octanol–water partition coefficient (Wildman–Crippen LogP) is -1.03. The summed E-state index contributed by atoms with van der Waals surface area (Å²) >= 11 is 0. The van der Waals surface area contributed by atoms with Crippen molar-refractivity contribution >= 4 is 17.5 Å². The van der Waals surface area contributed by atoms with Gasteiger partial charge in [0.05, 0.1) is 0 Å². The van der Waals surface area contributed by atoms with E-state index in [0.29, 0.717) is 0 Å². The number of ketones is 1. The van der Waals surface area contributed by atoms with Crippen molar-refractivity contribution in [3.8, 4) is 0 Å². The Morgan fingerprint density at radius 1 is 1.56 bits per heavy atom. The molecule has 0 spiro atoms. The lowest BCUT2D eigenvalue weighted by molar-refractivity contribution is -0.130. The van der Waals surface area contributed by atoms with Crippen LogP contribution < -0.4 is 5.84 Å². The summed E-state index contributed by atoms with van der Waals surface area (Å²) in [7, 11) is 0. The highest BCUT2D eigenvalue weighted by atomic mass is 16.4. The molecule has 0 saturated carbocycles. The molecule has 0 heterocycles. The molecule has 3 N–H and O–H groups in total. The minimum atomic E-state index is -1.40. The summed E-state index contributed by atoms with van der Waals surface area (Å²) in [6, 6.07) is 0. The number of carboxylic acid groups (broad SMARTS) is 1. The second-order valence-corrected chi connectivity index (χ2v) is 1.34. The van der Waals surface area contributed by atoms with Gasteiger partial charge in [0.15, 0.2) is 5.78 Å². The predicted molar refractivity (Wildman–Crippen MR) is 29.9 cm³/mol. The standard InChI is InChI=1S/C4H6N2O3/c1-2(7)3(6-5)4(8)9/h5H2,1H3,(H,8,9). The van der Waals surface area contributed by atoms with Crippen molar-refractivity contribution in [3.63, 3.8) is 0 Å². The van der Waals surface area contributed by atoms with Gasteiger partial charge in [0.1, 0.15) is 0 Å². The van der Waals surface area contributed by atoms with Gasteiger partial charge in [0.2, 0.25) is 5.71 Å². The fourth-order valence-corrected chi connectivity index (χ4v) is 0.297. The van der Waals surface area contributed by atoms with Gasteiger partial charge in [0, 0.05) is 6.92 Å². The number of nitrogens with zero attached hydrogens (tertiary/aromatic N) is 1. The highest BCUT2D eigenvalue weighted by Crippen LogP contribution is 1.77. The fourth-order valence-electron chi connectivity index (χ4n) is 0.297. The maximum absolute atomic E-state index is 10.2. The topological polar surface area (TPSA) is 92.8 Å². The van der Waals surface area contributed by atoms with E-state index in [1.165, 1.54) is 0 Å². The zero-order valence-corrected chi connectivity index (χ0v) is 4.79. The summed E-state index contributed by atoms with van der Waals surface area (Å²) in [5, 5.41) is 10.9. The summed E-state index contributed by atoms with van der Waals surface area (Å²) < 4.78 is 0. The zero-order valence-electron chi connectivity index (χ0n) is 4.79. The molecule has 0 radical (unpaired) electrons. The lowest BCUT2D eigenvalue weighted by Gasteiger charge is -1.88. The molecule has 50 valence electrons. The van der Waals surface area contributed by atoms with Crippen molar-refractivity contribution < 1.29 is 14.7 Å². The second-order valence-electron chi connectivity index (χ2n) is 1.34. The van der Waals surface area contributed by atoms with Gasteiger partial charge in [-0.2, -0.15) is 5.10 Å². The first-order chi connectivity index (χ1) is 4.09. The molecule has 0 aliphatic rings. The number of carbonyl (C=O) groups is 2. The summed E-state index contributed by atoms with van der Waals surface area (Å²) in [6.07, 6.45) is 0. The Hall–Kier alpha value is -1.39. The number of nitrogens with two attached hydrogens (primary N) is 1. The van der Waals surface area contributed by atoms with E-state index in [9.17, 15) is 9.59 Å². The largest absolute Gasteiger partial charge is 0.476 e. The lowest BCUT2D eigenvalue weighted by atomic mass is 10.3. The fraction of sp³-hybridized carbons (Fsp3) is 0.250. The molecule has 5 nitrogen and oxygen atoms in total. The smallest absolute Gasteiger partial charge is 0.360 e. The first-order valence-electron chi connectivity index (χ1n) is 2.11. The van der Waals surface area contributed by atoms with Crippen molar-refractivity contribution in [1.82, 2.24) is 0 Å². The van der Waals surface area contributed by atoms with Crippen LogP contribution in [-0.2, 0) is 9.59 Å². The molecule has 0 amide bonds. The van der Waals surface area contributed by atoms with Crippen LogP contribution >= 0.6 is 0 Å². The van der Waals surface area contributed by atoms with Crippen LogP contribution in [0, 0.1) is 0 Å². The molecule has 0 aliphatic heterocycles. The summed E-state index contributed by atoms with van der Waals surface area (Å²) in [6.45, 7) is 1.08. The minimum absolute atomic E-state index is 0.630. The Morgan fingerprint density at radius 2 is 2.00 bits per heavy atom. The first-order valence-corrected chi connectivity index (χ1v) is 2.11. The van der Waals surface area contributed by atoms with Crippen LogP contribution in [-0.4, -0.2) is 22.6 Å². The van der Waals surface area contributed by atoms with Crippen molar-refractivity contribution in [1.29, 1.82) is 0 Å². The zero-order chi connectivity index (χ0) is 7.44. The number of Topliss-reactive ketones (excluding diaryl/α,β-unsaturated/α-hetero) is 1. The van der Waals surface area contributed by atoms with Crippen LogP contribution in [0.5, 0.6) is 0 Å². The van der Waals surface area contributed by atoms with Crippen molar-refractivity contribution in [2.24, 2.45) is 10.9 Å².